The van der Waals surface area contributed by atoms with Gasteiger partial charge in [0, 0.05) is 15.1 Å². The van der Waals surface area contributed by atoms with E-state index in [4.69, 9.17) is 11.6 Å². The summed E-state index contributed by atoms with van der Waals surface area (Å²) in [5.41, 5.74) is 2.18. The maximum Gasteiger partial charge on any atom is 0.0484 e. The standard InChI is InChI=1S/C12H8BrCl/c13-11-7-3-1-5-9(11)10-6-2-4-8-12(10)14/h1-8H. The molecule has 2 aromatic carbocycles. The van der Waals surface area contributed by atoms with E-state index in [-0.39, 0.29) is 0 Å². The van der Waals surface area contributed by atoms with Crippen LogP contribution in [0.2, 0.25) is 5.02 Å². The van der Waals surface area contributed by atoms with Gasteiger partial charge in [-0.05, 0) is 17.7 Å². The minimum atomic E-state index is 0.777. The summed E-state index contributed by atoms with van der Waals surface area (Å²) in [5.74, 6) is 0. The van der Waals surface area contributed by atoms with Crippen molar-refractivity contribution in [2.45, 2.75) is 0 Å². The lowest BCUT2D eigenvalue weighted by atomic mass is 10.1. The zero-order chi connectivity index (χ0) is 9.97. The highest BCUT2D eigenvalue weighted by molar-refractivity contribution is 9.10. The third-order valence-electron chi connectivity index (χ3n) is 2.04. The van der Waals surface area contributed by atoms with Crippen LogP contribution in [-0.2, 0) is 0 Å². The predicted molar refractivity (Wildman–Crippen MR) is 64.6 cm³/mol. The Morgan fingerprint density at radius 2 is 1.36 bits per heavy atom. The Hall–Kier alpha value is -0.790. The van der Waals surface area contributed by atoms with Crippen molar-refractivity contribution < 1.29 is 0 Å². The highest BCUT2D eigenvalue weighted by Crippen LogP contribution is 2.32. The number of benzene rings is 2. The Balaban J connectivity index is 2.61. The van der Waals surface area contributed by atoms with Gasteiger partial charge in [-0.1, -0.05) is 63.9 Å². The van der Waals surface area contributed by atoms with Crippen LogP contribution in [0.15, 0.2) is 53.0 Å². The van der Waals surface area contributed by atoms with Crippen LogP contribution in [0.1, 0.15) is 0 Å². The molecule has 0 atom stereocenters. The maximum atomic E-state index is 6.11. The topological polar surface area (TPSA) is 0 Å². The second-order valence-corrected chi connectivity index (χ2v) is 4.22. The molecule has 0 aliphatic rings. The first-order valence-corrected chi connectivity index (χ1v) is 5.45. The van der Waals surface area contributed by atoms with Gasteiger partial charge >= 0.3 is 0 Å². The highest BCUT2D eigenvalue weighted by atomic mass is 79.9. The van der Waals surface area contributed by atoms with Crippen LogP contribution in [0.25, 0.3) is 11.1 Å². The van der Waals surface area contributed by atoms with E-state index in [0.717, 1.165) is 20.6 Å². The second-order valence-electron chi connectivity index (χ2n) is 2.96. The lowest BCUT2D eigenvalue weighted by molar-refractivity contribution is 1.58. The summed E-state index contributed by atoms with van der Waals surface area (Å²) in [6.45, 7) is 0. The van der Waals surface area contributed by atoms with Gasteiger partial charge in [-0.15, -0.1) is 0 Å². The molecule has 0 aliphatic heterocycles. The summed E-state index contributed by atoms with van der Waals surface area (Å²) in [6.07, 6.45) is 0. The van der Waals surface area contributed by atoms with E-state index in [0.29, 0.717) is 0 Å². The lowest BCUT2D eigenvalue weighted by Crippen LogP contribution is -1.80. The number of hydrogen-bond donors (Lipinski definition) is 0. The Labute approximate surface area is 96.7 Å². The minimum Gasteiger partial charge on any atom is -0.0837 e. The van der Waals surface area contributed by atoms with E-state index in [2.05, 4.69) is 15.9 Å². The smallest absolute Gasteiger partial charge is 0.0484 e. The molecule has 2 rings (SSSR count). The van der Waals surface area contributed by atoms with Crippen LogP contribution in [-0.4, -0.2) is 0 Å². The van der Waals surface area contributed by atoms with E-state index in [9.17, 15) is 0 Å². The molecule has 0 radical (unpaired) electrons. The molecule has 0 aromatic heterocycles. The van der Waals surface area contributed by atoms with Crippen molar-refractivity contribution in [2.24, 2.45) is 0 Å². The van der Waals surface area contributed by atoms with Gasteiger partial charge in [0.2, 0.25) is 0 Å². The molecule has 0 amide bonds. The molecule has 0 aliphatic carbocycles. The van der Waals surface area contributed by atoms with E-state index in [1.165, 1.54) is 0 Å². The first-order valence-electron chi connectivity index (χ1n) is 4.28. The summed E-state index contributed by atoms with van der Waals surface area (Å²) < 4.78 is 1.06. The van der Waals surface area contributed by atoms with Gasteiger partial charge in [0.05, 0.1) is 0 Å². The molecule has 2 aromatic rings. The molecule has 70 valence electrons. The molecule has 0 heterocycles. The van der Waals surface area contributed by atoms with Gasteiger partial charge in [-0.2, -0.15) is 0 Å². The lowest BCUT2D eigenvalue weighted by Gasteiger charge is -2.05. The van der Waals surface area contributed by atoms with Crippen LogP contribution < -0.4 is 0 Å². The van der Waals surface area contributed by atoms with Crippen molar-refractivity contribution in [1.29, 1.82) is 0 Å². The van der Waals surface area contributed by atoms with E-state index in [1.54, 1.807) is 0 Å². The summed E-state index contributed by atoms with van der Waals surface area (Å²) in [7, 11) is 0. The van der Waals surface area contributed by atoms with E-state index in [1.807, 2.05) is 48.5 Å². The minimum absolute atomic E-state index is 0.777. The molecule has 0 saturated carbocycles. The van der Waals surface area contributed by atoms with Crippen molar-refractivity contribution in [3.05, 3.63) is 58.0 Å². The Morgan fingerprint density at radius 3 is 2.00 bits per heavy atom. The molecule has 0 bridgehead atoms. The second kappa shape index (κ2) is 4.16. The van der Waals surface area contributed by atoms with Crippen LogP contribution in [0.4, 0.5) is 0 Å². The Morgan fingerprint density at radius 1 is 0.786 bits per heavy atom. The first-order chi connectivity index (χ1) is 6.79. The normalized spacial score (nSPS) is 10.1. The monoisotopic (exact) mass is 266 g/mol. The average molecular weight is 268 g/mol. The Bertz CT molecular complexity index is 408. The van der Waals surface area contributed by atoms with Crippen molar-refractivity contribution >= 4 is 27.5 Å². The molecular weight excluding hydrogens is 259 g/mol. The number of hydrogen-bond acceptors (Lipinski definition) is 0. The quantitative estimate of drug-likeness (QED) is 0.698. The molecule has 0 fully saturated rings. The molecule has 0 unspecified atom stereocenters. The van der Waals surface area contributed by atoms with Gasteiger partial charge in [0.15, 0.2) is 0 Å². The Kier molecular flexibility index (Phi) is 2.90. The summed E-state index contributed by atoms with van der Waals surface area (Å²) in [6, 6.07) is 15.9. The van der Waals surface area contributed by atoms with Gasteiger partial charge in [-0.25, -0.2) is 0 Å². The average Bonchev–Trinajstić information content (AvgIpc) is 2.20. The molecular formula is C12H8BrCl. The summed E-state index contributed by atoms with van der Waals surface area (Å²) in [5, 5.41) is 0.777. The fourth-order valence-electron chi connectivity index (χ4n) is 1.36. The van der Waals surface area contributed by atoms with Crippen molar-refractivity contribution in [3.8, 4) is 11.1 Å². The van der Waals surface area contributed by atoms with Gasteiger partial charge in [-0.3, -0.25) is 0 Å². The van der Waals surface area contributed by atoms with E-state index >= 15 is 0 Å². The van der Waals surface area contributed by atoms with Crippen LogP contribution >= 0.6 is 27.5 Å². The molecule has 0 saturated heterocycles. The van der Waals surface area contributed by atoms with Crippen LogP contribution in [0, 0.1) is 0 Å². The summed E-state index contributed by atoms with van der Waals surface area (Å²) in [4.78, 5) is 0. The van der Waals surface area contributed by atoms with Crippen LogP contribution in [0.3, 0.4) is 0 Å². The molecule has 0 nitrogen and oxygen atoms in total. The predicted octanol–water partition coefficient (Wildman–Crippen LogP) is 4.77. The van der Waals surface area contributed by atoms with Crippen molar-refractivity contribution in [3.63, 3.8) is 0 Å². The molecule has 14 heavy (non-hydrogen) atoms. The van der Waals surface area contributed by atoms with Gasteiger partial charge in [0.25, 0.3) is 0 Å². The third kappa shape index (κ3) is 1.84. The summed E-state index contributed by atoms with van der Waals surface area (Å²) >= 11 is 9.62. The molecule has 0 N–H and O–H groups in total. The molecule has 0 spiro atoms. The first kappa shape index (κ1) is 9.75. The fourth-order valence-corrected chi connectivity index (χ4v) is 2.10. The number of rotatable bonds is 1. The third-order valence-corrected chi connectivity index (χ3v) is 3.06. The highest BCUT2D eigenvalue weighted by Gasteiger charge is 2.04. The maximum absolute atomic E-state index is 6.11. The van der Waals surface area contributed by atoms with Gasteiger partial charge in [0.1, 0.15) is 0 Å². The SMILES string of the molecule is Clc1ccccc1-c1ccccc1Br. The fraction of sp³-hybridized carbons (Fsp3) is 0. The van der Waals surface area contributed by atoms with Crippen molar-refractivity contribution in [2.75, 3.05) is 0 Å². The largest absolute Gasteiger partial charge is 0.0837 e. The van der Waals surface area contributed by atoms with E-state index < -0.39 is 0 Å². The van der Waals surface area contributed by atoms with Crippen molar-refractivity contribution in [1.82, 2.24) is 0 Å². The zero-order valence-electron chi connectivity index (χ0n) is 7.37. The van der Waals surface area contributed by atoms with Gasteiger partial charge < -0.3 is 0 Å². The number of halogens is 2. The molecule has 2 heteroatoms. The zero-order valence-corrected chi connectivity index (χ0v) is 9.72. The van der Waals surface area contributed by atoms with Crippen LogP contribution in [0.5, 0.6) is 0 Å².